The van der Waals surface area contributed by atoms with Crippen molar-refractivity contribution in [3.05, 3.63) is 35.1 Å². The minimum atomic E-state index is 0.346. The Hall–Kier alpha value is -2.21. The first-order chi connectivity index (χ1) is 8.74. The molecule has 0 atom stereocenters. The van der Waals surface area contributed by atoms with Crippen LogP contribution < -0.4 is 0 Å². The van der Waals surface area contributed by atoms with Crippen LogP contribution in [0.15, 0.2) is 29.0 Å². The molecule has 0 unspecified atom stereocenters. The molecule has 0 aliphatic heterocycles. The Morgan fingerprint density at radius 1 is 1.33 bits per heavy atom. The highest BCUT2D eigenvalue weighted by atomic mass is 35.5. The van der Waals surface area contributed by atoms with Gasteiger partial charge in [-0.3, -0.25) is 5.10 Å². The zero-order valence-corrected chi connectivity index (χ0v) is 10.1. The summed E-state index contributed by atoms with van der Waals surface area (Å²) in [5.41, 5.74) is 1.76. The standard InChI is InChI=1S/C11H8ClN5O/c1-6-2-3-7(8(12)4-6)11-15-10(17-18-11)9-13-5-14-16-9/h2-5H,1H3,(H,13,14,16). The van der Waals surface area contributed by atoms with Crippen LogP contribution in [0.3, 0.4) is 0 Å². The first kappa shape index (κ1) is 10.9. The van der Waals surface area contributed by atoms with E-state index in [1.807, 2.05) is 25.1 Å². The lowest BCUT2D eigenvalue weighted by atomic mass is 10.1. The van der Waals surface area contributed by atoms with Crippen molar-refractivity contribution in [3.63, 3.8) is 0 Å². The van der Waals surface area contributed by atoms with Crippen LogP contribution in [0.4, 0.5) is 0 Å². The lowest BCUT2D eigenvalue weighted by Crippen LogP contribution is -1.84. The average molecular weight is 262 g/mol. The summed E-state index contributed by atoms with van der Waals surface area (Å²) in [6.07, 6.45) is 1.38. The Bertz CT molecular complexity index is 677. The van der Waals surface area contributed by atoms with Crippen molar-refractivity contribution >= 4 is 11.6 Å². The zero-order chi connectivity index (χ0) is 12.5. The summed E-state index contributed by atoms with van der Waals surface area (Å²) < 4.78 is 5.16. The van der Waals surface area contributed by atoms with Crippen molar-refractivity contribution in [3.8, 4) is 23.1 Å². The fourth-order valence-electron chi connectivity index (χ4n) is 1.54. The van der Waals surface area contributed by atoms with Gasteiger partial charge in [-0.1, -0.05) is 22.8 Å². The summed E-state index contributed by atoms with van der Waals surface area (Å²) in [7, 11) is 0. The van der Waals surface area contributed by atoms with E-state index in [9.17, 15) is 0 Å². The van der Waals surface area contributed by atoms with Crippen molar-refractivity contribution in [1.82, 2.24) is 25.3 Å². The van der Waals surface area contributed by atoms with Gasteiger partial charge in [-0.2, -0.15) is 10.1 Å². The Morgan fingerprint density at radius 3 is 2.94 bits per heavy atom. The Balaban J connectivity index is 2.03. The fourth-order valence-corrected chi connectivity index (χ4v) is 1.85. The highest BCUT2D eigenvalue weighted by Crippen LogP contribution is 2.28. The lowest BCUT2D eigenvalue weighted by Gasteiger charge is -1.99. The molecule has 0 fully saturated rings. The molecule has 0 bridgehead atoms. The number of nitrogens with one attached hydrogen (secondary N) is 1. The number of benzene rings is 1. The van der Waals surface area contributed by atoms with Crippen molar-refractivity contribution in [2.24, 2.45) is 0 Å². The second-order valence-corrected chi connectivity index (χ2v) is 4.15. The van der Waals surface area contributed by atoms with E-state index in [1.54, 1.807) is 0 Å². The molecular weight excluding hydrogens is 254 g/mol. The third kappa shape index (κ3) is 1.86. The van der Waals surface area contributed by atoms with Gasteiger partial charge in [0.1, 0.15) is 6.33 Å². The molecule has 0 amide bonds. The first-order valence-electron chi connectivity index (χ1n) is 5.20. The summed E-state index contributed by atoms with van der Waals surface area (Å²) in [5, 5.41) is 10.8. The monoisotopic (exact) mass is 261 g/mol. The first-order valence-corrected chi connectivity index (χ1v) is 5.58. The van der Waals surface area contributed by atoms with E-state index in [1.165, 1.54) is 6.33 Å². The van der Waals surface area contributed by atoms with Gasteiger partial charge in [-0.05, 0) is 24.6 Å². The molecule has 2 aromatic heterocycles. The number of hydrogen-bond acceptors (Lipinski definition) is 5. The summed E-state index contributed by atoms with van der Waals surface area (Å²) in [6, 6.07) is 5.62. The van der Waals surface area contributed by atoms with Gasteiger partial charge < -0.3 is 4.52 Å². The molecule has 0 spiro atoms. The van der Waals surface area contributed by atoms with Crippen LogP contribution >= 0.6 is 11.6 Å². The molecule has 0 saturated heterocycles. The van der Waals surface area contributed by atoms with Gasteiger partial charge in [-0.15, -0.1) is 0 Å². The molecule has 18 heavy (non-hydrogen) atoms. The largest absolute Gasteiger partial charge is 0.333 e. The molecule has 0 radical (unpaired) electrons. The van der Waals surface area contributed by atoms with Crippen LogP contribution in [0.2, 0.25) is 5.02 Å². The number of nitrogens with zero attached hydrogens (tertiary/aromatic N) is 4. The molecular formula is C11H8ClN5O. The van der Waals surface area contributed by atoms with Gasteiger partial charge >= 0.3 is 0 Å². The van der Waals surface area contributed by atoms with E-state index in [2.05, 4.69) is 25.3 Å². The molecule has 3 aromatic rings. The van der Waals surface area contributed by atoms with Crippen molar-refractivity contribution in [1.29, 1.82) is 0 Å². The molecule has 6 nitrogen and oxygen atoms in total. The highest BCUT2D eigenvalue weighted by molar-refractivity contribution is 6.33. The van der Waals surface area contributed by atoms with Gasteiger partial charge in [0, 0.05) is 0 Å². The van der Waals surface area contributed by atoms with E-state index in [0.29, 0.717) is 28.1 Å². The number of aromatic amines is 1. The van der Waals surface area contributed by atoms with Gasteiger partial charge in [0.2, 0.25) is 5.82 Å². The maximum Gasteiger partial charge on any atom is 0.259 e. The molecule has 0 aliphatic carbocycles. The number of aryl methyl sites for hydroxylation is 1. The quantitative estimate of drug-likeness (QED) is 0.766. The Kier molecular flexibility index (Phi) is 2.56. The maximum absolute atomic E-state index is 6.13. The van der Waals surface area contributed by atoms with Crippen molar-refractivity contribution in [2.75, 3.05) is 0 Å². The van der Waals surface area contributed by atoms with Crippen LogP contribution in [0.5, 0.6) is 0 Å². The Morgan fingerprint density at radius 2 is 2.22 bits per heavy atom. The number of aromatic nitrogens is 5. The molecule has 1 aromatic carbocycles. The highest BCUT2D eigenvalue weighted by Gasteiger charge is 2.14. The summed E-state index contributed by atoms with van der Waals surface area (Å²) >= 11 is 6.13. The fraction of sp³-hybridized carbons (Fsp3) is 0.0909. The van der Waals surface area contributed by atoms with Gasteiger partial charge in [0.05, 0.1) is 10.6 Å². The molecule has 0 aliphatic rings. The molecule has 0 saturated carbocycles. The second-order valence-electron chi connectivity index (χ2n) is 3.74. The minimum Gasteiger partial charge on any atom is -0.333 e. The predicted octanol–water partition coefficient (Wildman–Crippen LogP) is 2.48. The van der Waals surface area contributed by atoms with E-state index >= 15 is 0 Å². The van der Waals surface area contributed by atoms with Crippen LogP contribution in [0.1, 0.15) is 5.56 Å². The summed E-state index contributed by atoms with van der Waals surface area (Å²) in [6.45, 7) is 1.96. The van der Waals surface area contributed by atoms with Crippen LogP contribution in [0, 0.1) is 6.92 Å². The Labute approximate surface area is 107 Å². The molecule has 2 heterocycles. The number of rotatable bonds is 2. The van der Waals surface area contributed by atoms with Crippen LogP contribution in [-0.4, -0.2) is 25.3 Å². The summed E-state index contributed by atoms with van der Waals surface area (Å²) in [5.74, 6) is 1.15. The SMILES string of the molecule is Cc1ccc(-c2nc(-c3ncn[nH]3)no2)c(Cl)c1. The molecule has 3 rings (SSSR count). The maximum atomic E-state index is 6.13. The van der Waals surface area contributed by atoms with E-state index in [0.717, 1.165) is 5.56 Å². The number of H-pyrrole nitrogens is 1. The zero-order valence-electron chi connectivity index (χ0n) is 9.38. The minimum absolute atomic E-state index is 0.346. The third-order valence-electron chi connectivity index (χ3n) is 2.41. The van der Waals surface area contributed by atoms with E-state index < -0.39 is 0 Å². The molecule has 1 N–H and O–H groups in total. The molecule has 90 valence electrons. The molecule has 7 heteroatoms. The predicted molar refractivity (Wildman–Crippen MR) is 64.9 cm³/mol. The van der Waals surface area contributed by atoms with Gasteiger partial charge in [0.25, 0.3) is 5.89 Å². The van der Waals surface area contributed by atoms with E-state index in [-0.39, 0.29) is 0 Å². The number of halogens is 1. The lowest BCUT2D eigenvalue weighted by molar-refractivity contribution is 0.432. The normalized spacial score (nSPS) is 10.8. The summed E-state index contributed by atoms with van der Waals surface area (Å²) in [4.78, 5) is 8.16. The van der Waals surface area contributed by atoms with Crippen LogP contribution in [-0.2, 0) is 0 Å². The van der Waals surface area contributed by atoms with Gasteiger partial charge in [0.15, 0.2) is 5.82 Å². The topological polar surface area (TPSA) is 80.5 Å². The van der Waals surface area contributed by atoms with Gasteiger partial charge in [-0.25, -0.2) is 4.98 Å². The third-order valence-corrected chi connectivity index (χ3v) is 2.72. The van der Waals surface area contributed by atoms with Crippen LogP contribution in [0.25, 0.3) is 23.1 Å². The smallest absolute Gasteiger partial charge is 0.259 e. The van der Waals surface area contributed by atoms with Crippen molar-refractivity contribution < 1.29 is 4.52 Å². The second kappa shape index (κ2) is 4.23. The van der Waals surface area contributed by atoms with E-state index in [4.69, 9.17) is 16.1 Å². The van der Waals surface area contributed by atoms with Crippen molar-refractivity contribution in [2.45, 2.75) is 6.92 Å². The number of hydrogen-bond donors (Lipinski definition) is 1. The average Bonchev–Trinajstić information content (AvgIpc) is 2.99.